The van der Waals surface area contributed by atoms with E-state index in [2.05, 4.69) is 20.9 Å². The highest BCUT2D eigenvalue weighted by atomic mass is 79.9. The Hall–Kier alpha value is -0.800. The summed E-state index contributed by atoms with van der Waals surface area (Å²) in [7, 11) is 1.96. The van der Waals surface area contributed by atoms with Gasteiger partial charge in [-0.05, 0) is 34.5 Å². The molecule has 0 atom stereocenters. The molecular weight excluding hydrogens is 275 g/mol. The minimum Gasteiger partial charge on any atom is -0.322 e. The zero-order chi connectivity index (χ0) is 11.0. The zero-order valence-electron chi connectivity index (χ0n) is 8.46. The molecule has 2 rings (SSSR count). The van der Waals surface area contributed by atoms with Gasteiger partial charge in [0.2, 0.25) is 0 Å². The summed E-state index contributed by atoms with van der Waals surface area (Å²) in [6.45, 7) is 1.99. The van der Waals surface area contributed by atoms with Crippen LogP contribution in [-0.2, 0) is 7.05 Å². The molecule has 0 aliphatic heterocycles. The molecule has 0 aliphatic rings. The Kier molecular flexibility index (Phi) is 2.85. The lowest BCUT2D eigenvalue weighted by Gasteiger charge is -2.04. The number of rotatable bonds is 1. The van der Waals surface area contributed by atoms with Crippen LogP contribution in [0.2, 0.25) is 5.02 Å². The first kappa shape index (κ1) is 10.7. The summed E-state index contributed by atoms with van der Waals surface area (Å²) >= 11 is 9.49. The van der Waals surface area contributed by atoms with Crippen LogP contribution in [0.4, 0.5) is 0 Å². The highest BCUT2D eigenvalue weighted by molar-refractivity contribution is 9.10. The summed E-state index contributed by atoms with van der Waals surface area (Å²) in [5.41, 5.74) is 2.10. The predicted molar refractivity (Wildman–Crippen MR) is 66.1 cm³/mol. The molecule has 0 fully saturated rings. The van der Waals surface area contributed by atoms with Crippen LogP contribution in [0.3, 0.4) is 0 Å². The van der Waals surface area contributed by atoms with Crippen molar-refractivity contribution in [1.29, 1.82) is 0 Å². The average Bonchev–Trinajstić information content (AvgIpc) is 2.53. The van der Waals surface area contributed by atoms with Gasteiger partial charge in [-0.3, -0.25) is 0 Å². The fourth-order valence-electron chi connectivity index (χ4n) is 1.39. The number of benzene rings is 1. The lowest BCUT2D eigenvalue weighted by atomic mass is 10.1. The van der Waals surface area contributed by atoms with Crippen molar-refractivity contribution < 1.29 is 0 Å². The average molecular weight is 286 g/mol. The minimum atomic E-state index is 0.770. The third-order valence-corrected chi connectivity index (χ3v) is 3.51. The summed E-state index contributed by atoms with van der Waals surface area (Å²) in [5.74, 6) is 0.906. The molecule has 2 nitrogen and oxygen atoms in total. The zero-order valence-corrected chi connectivity index (χ0v) is 10.8. The summed E-state index contributed by atoms with van der Waals surface area (Å²) in [4.78, 5) is 4.31. The van der Waals surface area contributed by atoms with E-state index in [0.29, 0.717) is 0 Å². The molecule has 1 aromatic heterocycles. The van der Waals surface area contributed by atoms with Crippen molar-refractivity contribution in [3.63, 3.8) is 0 Å². The van der Waals surface area contributed by atoms with Crippen LogP contribution >= 0.6 is 27.5 Å². The number of halogens is 2. The molecule has 0 aliphatic carbocycles. The van der Waals surface area contributed by atoms with Crippen LogP contribution < -0.4 is 0 Å². The highest BCUT2D eigenvalue weighted by Crippen LogP contribution is 2.25. The summed E-state index contributed by atoms with van der Waals surface area (Å²) in [6.07, 6.45) is 1.78. The Morgan fingerprint density at radius 3 is 2.67 bits per heavy atom. The summed E-state index contributed by atoms with van der Waals surface area (Å²) < 4.78 is 2.93. The maximum Gasteiger partial charge on any atom is 0.140 e. The first-order valence-corrected chi connectivity index (χ1v) is 5.70. The smallest absolute Gasteiger partial charge is 0.140 e. The van der Waals surface area contributed by atoms with Gasteiger partial charge in [0.05, 0.1) is 6.20 Å². The standard InChI is InChI=1S/C11H10BrClN2/c1-7-3-4-8(5-9(7)13)11-14-6-10(12)15(11)2/h3-6H,1-2H3. The quantitative estimate of drug-likeness (QED) is 0.779. The van der Waals surface area contributed by atoms with Gasteiger partial charge in [0, 0.05) is 17.6 Å². The molecule has 0 bridgehead atoms. The number of hydrogen-bond acceptors (Lipinski definition) is 1. The van der Waals surface area contributed by atoms with Gasteiger partial charge in [-0.1, -0.05) is 23.7 Å². The van der Waals surface area contributed by atoms with Crippen LogP contribution in [0.5, 0.6) is 0 Å². The van der Waals surface area contributed by atoms with E-state index in [0.717, 1.165) is 26.6 Å². The van der Waals surface area contributed by atoms with Crippen molar-refractivity contribution in [2.45, 2.75) is 6.92 Å². The predicted octanol–water partition coefficient (Wildman–Crippen LogP) is 3.81. The van der Waals surface area contributed by atoms with E-state index < -0.39 is 0 Å². The molecule has 0 amide bonds. The number of nitrogens with zero attached hydrogens (tertiary/aromatic N) is 2. The van der Waals surface area contributed by atoms with Crippen molar-refractivity contribution in [2.75, 3.05) is 0 Å². The first-order valence-electron chi connectivity index (χ1n) is 4.53. The molecular formula is C11H10BrClN2. The monoisotopic (exact) mass is 284 g/mol. The largest absolute Gasteiger partial charge is 0.322 e. The van der Waals surface area contributed by atoms with E-state index in [9.17, 15) is 0 Å². The molecule has 1 heterocycles. The van der Waals surface area contributed by atoms with Gasteiger partial charge < -0.3 is 4.57 Å². The van der Waals surface area contributed by atoms with Gasteiger partial charge in [-0.25, -0.2) is 4.98 Å². The second-order valence-corrected chi connectivity index (χ2v) is 4.65. The second kappa shape index (κ2) is 3.99. The Balaban J connectivity index is 2.55. The lowest BCUT2D eigenvalue weighted by Crippen LogP contribution is -1.93. The van der Waals surface area contributed by atoms with Crippen LogP contribution in [0.15, 0.2) is 29.0 Å². The lowest BCUT2D eigenvalue weighted by molar-refractivity contribution is 0.902. The topological polar surface area (TPSA) is 17.8 Å². The molecule has 0 saturated heterocycles. The number of imidazole rings is 1. The van der Waals surface area contributed by atoms with Crippen molar-refractivity contribution in [2.24, 2.45) is 7.05 Å². The summed E-state index contributed by atoms with van der Waals surface area (Å²) in [6, 6.07) is 5.96. The van der Waals surface area contributed by atoms with E-state index in [1.165, 1.54) is 0 Å². The molecule has 0 saturated carbocycles. The minimum absolute atomic E-state index is 0.770. The molecule has 0 N–H and O–H groups in total. The fourth-order valence-corrected chi connectivity index (χ4v) is 1.84. The van der Waals surface area contributed by atoms with Crippen LogP contribution in [0.25, 0.3) is 11.4 Å². The SMILES string of the molecule is Cc1ccc(-c2ncc(Br)n2C)cc1Cl. The van der Waals surface area contributed by atoms with Crippen LogP contribution in [0.1, 0.15) is 5.56 Å². The Morgan fingerprint density at radius 1 is 1.40 bits per heavy atom. The second-order valence-electron chi connectivity index (χ2n) is 3.43. The van der Waals surface area contributed by atoms with Gasteiger partial charge in [0.25, 0.3) is 0 Å². The summed E-state index contributed by atoms with van der Waals surface area (Å²) in [5, 5.41) is 0.770. The van der Waals surface area contributed by atoms with Gasteiger partial charge in [-0.15, -0.1) is 0 Å². The molecule has 1 aromatic carbocycles. The van der Waals surface area contributed by atoms with E-state index in [4.69, 9.17) is 11.6 Å². The first-order chi connectivity index (χ1) is 7.09. The number of aryl methyl sites for hydroxylation is 1. The Morgan fingerprint density at radius 2 is 2.13 bits per heavy atom. The molecule has 78 valence electrons. The maximum atomic E-state index is 6.07. The van der Waals surface area contributed by atoms with Crippen molar-refractivity contribution >= 4 is 27.5 Å². The van der Waals surface area contributed by atoms with Gasteiger partial charge in [-0.2, -0.15) is 0 Å². The van der Waals surface area contributed by atoms with Crippen molar-refractivity contribution in [1.82, 2.24) is 9.55 Å². The van der Waals surface area contributed by atoms with E-state index >= 15 is 0 Å². The number of hydrogen-bond donors (Lipinski definition) is 0. The molecule has 15 heavy (non-hydrogen) atoms. The van der Waals surface area contributed by atoms with E-state index in [-0.39, 0.29) is 0 Å². The third kappa shape index (κ3) is 1.94. The van der Waals surface area contributed by atoms with Gasteiger partial charge in [0.1, 0.15) is 10.4 Å². The van der Waals surface area contributed by atoms with Crippen LogP contribution in [0, 0.1) is 6.92 Å². The molecule has 0 spiro atoms. The molecule has 0 radical (unpaired) electrons. The normalized spacial score (nSPS) is 10.7. The maximum absolute atomic E-state index is 6.07. The Labute approximate surface area is 102 Å². The van der Waals surface area contributed by atoms with Gasteiger partial charge in [0.15, 0.2) is 0 Å². The molecule has 4 heteroatoms. The molecule has 2 aromatic rings. The molecule has 0 unspecified atom stereocenters. The Bertz CT molecular complexity index is 505. The van der Waals surface area contributed by atoms with E-state index in [1.54, 1.807) is 6.20 Å². The third-order valence-electron chi connectivity index (χ3n) is 2.36. The highest BCUT2D eigenvalue weighted by Gasteiger charge is 2.07. The van der Waals surface area contributed by atoms with E-state index in [1.807, 2.05) is 36.7 Å². The van der Waals surface area contributed by atoms with Gasteiger partial charge >= 0.3 is 0 Å². The van der Waals surface area contributed by atoms with Crippen molar-refractivity contribution in [3.05, 3.63) is 39.6 Å². The fraction of sp³-hybridized carbons (Fsp3) is 0.182. The van der Waals surface area contributed by atoms with Crippen LogP contribution in [-0.4, -0.2) is 9.55 Å². The van der Waals surface area contributed by atoms with Crippen molar-refractivity contribution in [3.8, 4) is 11.4 Å². The number of aromatic nitrogens is 2.